The van der Waals surface area contributed by atoms with Crippen molar-refractivity contribution in [2.45, 2.75) is 6.04 Å². The number of para-hydroxylation sites is 1. The molecule has 1 amide bonds. The van der Waals surface area contributed by atoms with Crippen LogP contribution in [0.5, 0.6) is 0 Å². The fourth-order valence-corrected chi connectivity index (χ4v) is 2.82. The number of Topliss-reactive ketones (excluding diaryl/α,β-unsaturated/α-hetero) is 1. The Bertz CT molecular complexity index is 681. The molecule has 1 aliphatic heterocycles. The molecule has 2 atom stereocenters. The van der Waals surface area contributed by atoms with Crippen molar-refractivity contribution in [2.24, 2.45) is 5.92 Å². The maximum Gasteiger partial charge on any atom is 0.264 e. The van der Waals surface area contributed by atoms with Crippen LogP contribution in [-0.2, 0) is 9.53 Å². The monoisotopic (exact) mass is 302 g/mol. The highest BCUT2D eigenvalue weighted by Gasteiger charge is 2.37. The van der Waals surface area contributed by atoms with Gasteiger partial charge in [0.2, 0.25) is 0 Å². The van der Waals surface area contributed by atoms with Gasteiger partial charge in [0.1, 0.15) is 5.76 Å². The summed E-state index contributed by atoms with van der Waals surface area (Å²) < 4.78 is 7.51. The summed E-state index contributed by atoms with van der Waals surface area (Å²) in [7, 11) is 1.47. The van der Waals surface area contributed by atoms with E-state index in [1.54, 1.807) is 18.2 Å². The fourth-order valence-electron chi connectivity index (χ4n) is 2.70. The molecule has 1 heterocycles. The van der Waals surface area contributed by atoms with Crippen LogP contribution in [-0.4, -0.2) is 24.8 Å². The Morgan fingerprint density at radius 3 is 2.81 bits per heavy atom. The Morgan fingerprint density at radius 1 is 1.33 bits per heavy atom. The lowest BCUT2D eigenvalue weighted by Crippen LogP contribution is -2.40. The number of rotatable bonds is 2. The van der Waals surface area contributed by atoms with Gasteiger partial charge in [0.05, 0.1) is 24.6 Å². The zero-order valence-corrected chi connectivity index (χ0v) is 12.2. The van der Waals surface area contributed by atoms with E-state index in [1.807, 2.05) is 18.2 Å². The molecule has 3 rings (SSSR count). The molecule has 0 spiro atoms. The first-order valence-corrected chi connectivity index (χ1v) is 6.92. The largest absolute Gasteiger partial charge is 0.496 e. The smallest absolute Gasteiger partial charge is 0.264 e. The summed E-state index contributed by atoms with van der Waals surface area (Å²) in [5.41, 5.74) is 1.80. The topological polar surface area (TPSA) is 67.4 Å². The summed E-state index contributed by atoms with van der Waals surface area (Å²) in [6, 6.07) is 7.07. The fraction of sp³-hybridized carbons (Fsp3) is 0.200. The van der Waals surface area contributed by atoms with Gasteiger partial charge in [0.25, 0.3) is 5.91 Å². The average Bonchev–Trinajstić information content (AvgIpc) is 2.53. The van der Waals surface area contributed by atoms with E-state index < -0.39 is 0 Å². The number of nitrogens with one attached hydrogen (secondary N) is 2. The van der Waals surface area contributed by atoms with Gasteiger partial charge in [-0.25, -0.2) is 0 Å². The minimum atomic E-state index is -0.383. The molecule has 0 bridgehead atoms. The number of ether oxygens (including phenoxy) is 1. The number of thiol groups is 1. The number of fused-ring (bicyclic) bond motifs is 2. The second-order valence-electron chi connectivity index (χ2n) is 4.86. The van der Waals surface area contributed by atoms with Crippen LogP contribution in [0.1, 0.15) is 10.4 Å². The van der Waals surface area contributed by atoms with Gasteiger partial charge in [0, 0.05) is 11.3 Å². The summed E-state index contributed by atoms with van der Waals surface area (Å²) >= 11 is 3.78. The van der Waals surface area contributed by atoms with Crippen LogP contribution in [0.3, 0.4) is 0 Å². The highest BCUT2D eigenvalue weighted by molar-refractivity contribution is 7.78. The predicted molar refractivity (Wildman–Crippen MR) is 82.0 cm³/mol. The molecule has 0 saturated carbocycles. The Balaban J connectivity index is 2.05. The first-order chi connectivity index (χ1) is 10.2. The van der Waals surface area contributed by atoms with Crippen molar-refractivity contribution in [1.82, 2.24) is 4.72 Å². The maximum atomic E-state index is 12.6. The van der Waals surface area contributed by atoms with Crippen LogP contribution in [0, 0.1) is 5.92 Å². The number of ketones is 1. The zero-order valence-electron chi connectivity index (χ0n) is 11.3. The van der Waals surface area contributed by atoms with Crippen LogP contribution in [0.25, 0.3) is 0 Å². The molecular formula is C15H14N2O3S. The van der Waals surface area contributed by atoms with Crippen LogP contribution in [0.2, 0.25) is 0 Å². The van der Waals surface area contributed by atoms with E-state index in [1.165, 1.54) is 7.11 Å². The molecule has 1 aromatic carbocycles. The molecule has 6 heteroatoms. The maximum absolute atomic E-state index is 12.6. The first-order valence-electron chi connectivity index (χ1n) is 6.48. The SMILES string of the molecule is COC1=CC2C(=O)c3ccccc3NC2C=C1C(=O)NS. The molecule has 1 aromatic rings. The Hall–Kier alpha value is -2.21. The van der Waals surface area contributed by atoms with Gasteiger partial charge in [-0.1, -0.05) is 24.9 Å². The van der Waals surface area contributed by atoms with E-state index >= 15 is 0 Å². The third-order valence-corrected chi connectivity index (χ3v) is 3.92. The standard InChI is InChI=1S/C15H14N2O3S/c1-20-13-7-9-12(6-10(13)15(19)17-21)16-11-5-3-2-4-8(11)14(9)18/h2-7,9,12,16,21H,1H3,(H,17,19). The van der Waals surface area contributed by atoms with Crippen molar-refractivity contribution in [1.29, 1.82) is 0 Å². The van der Waals surface area contributed by atoms with Crippen molar-refractivity contribution in [3.05, 3.63) is 53.3 Å². The lowest BCUT2D eigenvalue weighted by Gasteiger charge is -2.33. The molecular weight excluding hydrogens is 288 g/mol. The molecule has 0 radical (unpaired) electrons. The van der Waals surface area contributed by atoms with E-state index in [-0.39, 0.29) is 23.7 Å². The molecule has 2 aliphatic rings. The number of hydrogen-bond donors (Lipinski definition) is 3. The van der Waals surface area contributed by atoms with Gasteiger partial charge in [-0.05, 0) is 24.3 Å². The molecule has 2 unspecified atom stereocenters. The normalized spacial score (nSPS) is 23.0. The summed E-state index contributed by atoms with van der Waals surface area (Å²) in [5, 5.41) is 3.28. The molecule has 5 nitrogen and oxygen atoms in total. The number of carbonyl (C=O) groups is 2. The van der Waals surface area contributed by atoms with E-state index in [0.29, 0.717) is 16.9 Å². The van der Waals surface area contributed by atoms with Gasteiger partial charge < -0.3 is 10.1 Å². The highest BCUT2D eigenvalue weighted by Crippen LogP contribution is 2.34. The number of anilines is 1. The lowest BCUT2D eigenvalue weighted by atomic mass is 9.81. The Labute approximate surface area is 127 Å². The lowest BCUT2D eigenvalue weighted by molar-refractivity contribution is -0.115. The number of methoxy groups -OCH3 is 1. The minimum Gasteiger partial charge on any atom is -0.496 e. The highest BCUT2D eigenvalue weighted by atomic mass is 32.1. The average molecular weight is 302 g/mol. The first kappa shape index (κ1) is 13.8. The third-order valence-electron chi connectivity index (χ3n) is 3.71. The summed E-state index contributed by atoms with van der Waals surface area (Å²) in [5.74, 6) is -0.341. The summed E-state index contributed by atoms with van der Waals surface area (Å²) in [4.78, 5) is 24.4. The number of benzene rings is 1. The second kappa shape index (κ2) is 5.29. The van der Waals surface area contributed by atoms with Crippen molar-refractivity contribution in [2.75, 3.05) is 12.4 Å². The second-order valence-corrected chi connectivity index (χ2v) is 5.09. The summed E-state index contributed by atoms with van der Waals surface area (Å²) in [6.07, 6.45) is 3.40. The third kappa shape index (κ3) is 2.21. The molecule has 0 saturated heterocycles. The Morgan fingerprint density at radius 2 is 2.10 bits per heavy atom. The van der Waals surface area contributed by atoms with E-state index in [0.717, 1.165) is 5.69 Å². The van der Waals surface area contributed by atoms with Crippen LogP contribution in [0.4, 0.5) is 5.69 Å². The number of amides is 1. The van der Waals surface area contributed by atoms with E-state index in [2.05, 4.69) is 22.9 Å². The van der Waals surface area contributed by atoms with Gasteiger partial charge in [-0.15, -0.1) is 0 Å². The van der Waals surface area contributed by atoms with Crippen LogP contribution < -0.4 is 10.0 Å². The van der Waals surface area contributed by atoms with Crippen molar-refractivity contribution < 1.29 is 14.3 Å². The van der Waals surface area contributed by atoms with Crippen LogP contribution in [0.15, 0.2) is 47.7 Å². The minimum absolute atomic E-state index is 0.0190. The molecule has 2 N–H and O–H groups in total. The molecule has 0 aromatic heterocycles. The predicted octanol–water partition coefficient (Wildman–Crippen LogP) is 1.71. The van der Waals surface area contributed by atoms with E-state index in [4.69, 9.17) is 4.74 Å². The summed E-state index contributed by atoms with van der Waals surface area (Å²) in [6.45, 7) is 0. The van der Waals surface area contributed by atoms with Crippen molar-refractivity contribution in [3.8, 4) is 0 Å². The van der Waals surface area contributed by atoms with Gasteiger partial charge in [-0.3, -0.25) is 14.3 Å². The van der Waals surface area contributed by atoms with Gasteiger partial charge in [-0.2, -0.15) is 0 Å². The van der Waals surface area contributed by atoms with Gasteiger partial charge in [0.15, 0.2) is 5.78 Å². The van der Waals surface area contributed by atoms with Crippen molar-refractivity contribution >= 4 is 30.2 Å². The molecule has 0 fully saturated rings. The molecule has 1 aliphatic carbocycles. The molecule has 108 valence electrons. The number of hydrogen-bond acceptors (Lipinski definition) is 5. The quantitative estimate of drug-likeness (QED) is 0.728. The van der Waals surface area contributed by atoms with Crippen LogP contribution >= 0.6 is 12.8 Å². The van der Waals surface area contributed by atoms with E-state index in [9.17, 15) is 9.59 Å². The zero-order chi connectivity index (χ0) is 15.0. The molecule has 21 heavy (non-hydrogen) atoms. The van der Waals surface area contributed by atoms with Gasteiger partial charge >= 0.3 is 0 Å². The number of carbonyl (C=O) groups excluding carboxylic acids is 2. The Kier molecular flexibility index (Phi) is 3.47. The van der Waals surface area contributed by atoms with Crippen molar-refractivity contribution in [3.63, 3.8) is 0 Å².